The smallest absolute Gasteiger partial charge is 0.367 e. The molecule has 11 heteroatoms. The topological polar surface area (TPSA) is 146 Å². The Hall–Kier alpha value is -2.27. The molecule has 0 unspecified atom stereocenters. The second-order valence-corrected chi connectivity index (χ2v) is 7.59. The molecule has 0 radical (unpaired) electrons. The summed E-state index contributed by atoms with van der Waals surface area (Å²) in [5.41, 5.74) is 5.12. The van der Waals surface area contributed by atoms with E-state index in [9.17, 15) is 23.3 Å². The Morgan fingerprint density at radius 1 is 1.40 bits per heavy atom. The zero-order valence-electron chi connectivity index (χ0n) is 13.8. The van der Waals surface area contributed by atoms with E-state index in [1.54, 1.807) is 0 Å². The van der Waals surface area contributed by atoms with Crippen molar-refractivity contribution < 1.29 is 22.9 Å². The van der Waals surface area contributed by atoms with Crippen LogP contribution in [0.5, 0.6) is 5.88 Å². The maximum absolute atomic E-state index is 12.0. The van der Waals surface area contributed by atoms with Crippen LogP contribution in [0.2, 0.25) is 0 Å². The van der Waals surface area contributed by atoms with E-state index in [1.165, 1.54) is 0 Å². The first-order valence-electron chi connectivity index (χ1n) is 7.79. The predicted octanol–water partition coefficient (Wildman–Crippen LogP) is 0.953. The standard InChI is InChI=1S/C14H20N4O6S/c1-25(22,23)17(13(19)9-15)11-7-8-12(18(20)21)16-14(11)24-10-5-3-2-4-6-10/h7-8,10H,2-6,9,15H2,1H3. The lowest BCUT2D eigenvalue weighted by atomic mass is 9.98. The van der Waals surface area contributed by atoms with E-state index in [0.29, 0.717) is 4.31 Å². The molecule has 0 bridgehead atoms. The average Bonchev–Trinajstić information content (AvgIpc) is 2.55. The first-order chi connectivity index (χ1) is 11.7. The van der Waals surface area contributed by atoms with E-state index in [2.05, 4.69) is 4.98 Å². The van der Waals surface area contributed by atoms with Crippen molar-refractivity contribution in [2.45, 2.75) is 38.2 Å². The van der Waals surface area contributed by atoms with Gasteiger partial charge in [-0.15, -0.1) is 0 Å². The normalized spacial score (nSPS) is 15.6. The Morgan fingerprint density at radius 2 is 2.04 bits per heavy atom. The van der Waals surface area contributed by atoms with Gasteiger partial charge in [-0.05, 0) is 36.7 Å². The molecular weight excluding hydrogens is 352 g/mol. The minimum atomic E-state index is -4.01. The third-order valence-electron chi connectivity index (χ3n) is 3.79. The molecule has 2 N–H and O–H groups in total. The summed E-state index contributed by atoms with van der Waals surface area (Å²) in [6.45, 7) is -0.549. The zero-order chi connectivity index (χ0) is 18.6. The second kappa shape index (κ2) is 7.74. The summed E-state index contributed by atoms with van der Waals surface area (Å²) in [6.07, 6.45) is 5.00. The fourth-order valence-corrected chi connectivity index (χ4v) is 3.63. The minimum absolute atomic E-state index is 0.172. The molecule has 1 aliphatic carbocycles. The van der Waals surface area contributed by atoms with Gasteiger partial charge in [0, 0.05) is 11.1 Å². The van der Waals surface area contributed by atoms with Crippen molar-refractivity contribution in [2.75, 3.05) is 17.1 Å². The van der Waals surface area contributed by atoms with Crippen LogP contribution in [0.3, 0.4) is 0 Å². The molecule has 1 aliphatic rings. The van der Waals surface area contributed by atoms with Crippen LogP contribution in [0.1, 0.15) is 32.1 Å². The van der Waals surface area contributed by atoms with Crippen molar-refractivity contribution in [2.24, 2.45) is 5.73 Å². The van der Waals surface area contributed by atoms with Crippen molar-refractivity contribution in [3.05, 3.63) is 22.2 Å². The maximum Gasteiger partial charge on any atom is 0.367 e. The lowest BCUT2D eigenvalue weighted by Crippen LogP contribution is -2.40. The van der Waals surface area contributed by atoms with Crippen molar-refractivity contribution in [1.29, 1.82) is 0 Å². The molecule has 10 nitrogen and oxygen atoms in total. The van der Waals surface area contributed by atoms with Crippen LogP contribution in [0.4, 0.5) is 11.5 Å². The molecule has 2 rings (SSSR count). The van der Waals surface area contributed by atoms with E-state index in [1.807, 2.05) is 0 Å². The molecular formula is C14H20N4O6S. The van der Waals surface area contributed by atoms with Crippen LogP contribution >= 0.6 is 0 Å². The number of ether oxygens (including phenoxy) is 1. The van der Waals surface area contributed by atoms with Gasteiger partial charge in [0.1, 0.15) is 11.8 Å². The monoisotopic (exact) mass is 372 g/mol. The van der Waals surface area contributed by atoms with Gasteiger partial charge < -0.3 is 20.6 Å². The Kier molecular flexibility index (Phi) is 5.90. The van der Waals surface area contributed by atoms with Gasteiger partial charge in [0.05, 0.1) is 12.8 Å². The van der Waals surface area contributed by atoms with Gasteiger partial charge in [-0.25, -0.2) is 8.42 Å². The number of hydrogen-bond acceptors (Lipinski definition) is 8. The lowest BCUT2D eigenvalue weighted by Gasteiger charge is -2.24. The number of carbonyl (C=O) groups is 1. The van der Waals surface area contributed by atoms with Crippen LogP contribution in [0, 0.1) is 10.1 Å². The van der Waals surface area contributed by atoms with Gasteiger partial charge in [0.25, 0.3) is 5.91 Å². The highest BCUT2D eigenvalue weighted by atomic mass is 32.2. The molecule has 0 saturated heterocycles. The molecule has 1 aromatic heterocycles. The van der Waals surface area contributed by atoms with Crippen molar-refractivity contribution in [1.82, 2.24) is 4.98 Å². The third kappa shape index (κ3) is 4.63. The number of nitrogens with zero attached hydrogens (tertiary/aromatic N) is 3. The highest BCUT2D eigenvalue weighted by molar-refractivity contribution is 7.92. The zero-order valence-corrected chi connectivity index (χ0v) is 14.6. The summed E-state index contributed by atoms with van der Waals surface area (Å²) in [7, 11) is -4.01. The summed E-state index contributed by atoms with van der Waals surface area (Å²) in [4.78, 5) is 26.1. The molecule has 0 spiro atoms. The maximum atomic E-state index is 12.0. The molecule has 0 atom stereocenters. The van der Waals surface area contributed by atoms with Crippen LogP contribution < -0.4 is 14.8 Å². The second-order valence-electron chi connectivity index (χ2n) is 5.75. The van der Waals surface area contributed by atoms with Crippen molar-refractivity contribution in [3.8, 4) is 5.88 Å². The van der Waals surface area contributed by atoms with Crippen LogP contribution in [-0.4, -0.2) is 43.1 Å². The number of nitrogens with two attached hydrogens (primary N) is 1. The van der Waals surface area contributed by atoms with Gasteiger partial charge in [0.15, 0.2) is 0 Å². The summed E-state index contributed by atoms with van der Waals surface area (Å²) >= 11 is 0. The van der Waals surface area contributed by atoms with Gasteiger partial charge >= 0.3 is 11.7 Å². The summed E-state index contributed by atoms with van der Waals surface area (Å²) in [5.74, 6) is -1.64. The number of pyridine rings is 1. The number of anilines is 1. The number of rotatable bonds is 6. The summed E-state index contributed by atoms with van der Waals surface area (Å²) in [6, 6.07) is 2.16. The summed E-state index contributed by atoms with van der Waals surface area (Å²) < 4.78 is 30.3. The third-order valence-corrected chi connectivity index (χ3v) is 4.86. The number of aromatic nitrogens is 1. The number of sulfonamides is 1. The van der Waals surface area contributed by atoms with Crippen molar-refractivity contribution in [3.63, 3.8) is 0 Å². The molecule has 1 fully saturated rings. The van der Waals surface area contributed by atoms with Gasteiger partial charge in [-0.2, -0.15) is 4.31 Å². The fraction of sp³-hybridized carbons (Fsp3) is 0.571. The number of nitro groups is 1. The number of carbonyl (C=O) groups excluding carboxylic acids is 1. The first kappa shape index (κ1) is 19.1. The van der Waals surface area contributed by atoms with Crippen molar-refractivity contribution >= 4 is 27.4 Å². The van der Waals surface area contributed by atoms with Crippen LogP contribution in [-0.2, 0) is 14.8 Å². The van der Waals surface area contributed by atoms with Gasteiger partial charge in [-0.1, -0.05) is 6.42 Å². The van der Waals surface area contributed by atoms with Crippen LogP contribution in [0.25, 0.3) is 0 Å². The largest absolute Gasteiger partial charge is 0.455 e. The highest BCUT2D eigenvalue weighted by Gasteiger charge is 2.32. The van der Waals surface area contributed by atoms with E-state index in [0.717, 1.165) is 50.5 Å². The summed E-state index contributed by atoms with van der Waals surface area (Å²) in [5, 5.41) is 11.0. The number of hydrogen-bond donors (Lipinski definition) is 1. The van der Waals surface area contributed by atoms with Gasteiger partial charge in [-0.3, -0.25) is 4.79 Å². The Labute approximate surface area is 145 Å². The molecule has 1 heterocycles. The van der Waals surface area contributed by atoms with E-state index in [-0.39, 0.29) is 17.7 Å². The van der Waals surface area contributed by atoms with Crippen LogP contribution in [0.15, 0.2) is 12.1 Å². The number of amides is 1. The van der Waals surface area contributed by atoms with Gasteiger partial charge in [0.2, 0.25) is 10.0 Å². The quantitative estimate of drug-likeness (QED) is 0.573. The molecule has 0 aromatic carbocycles. The molecule has 1 saturated carbocycles. The Bertz CT molecular complexity index is 761. The molecule has 1 amide bonds. The first-order valence-corrected chi connectivity index (χ1v) is 9.64. The molecule has 138 valence electrons. The minimum Gasteiger partial charge on any atom is -0.455 e. The van der Waals surface area contributed by atoms with E-state index in [4.69, 9.17) is 10.5 Å². The Morgan fingerprint density at radius 3 is 2.56 bits per heavy atom. The average molecular weight is 372 g/mol. The lowest BCUT2D eigenvalue weighted by molar-refractivity contribution is -0.389. The predicted molar refractivity (Wildman–Crippen MR) is 89.8 cm³/mol. The molecule has 0 aliphatic heterocycles. The molecule has 25 heavy (non-hydrogen) atoms. The van der Waals surface area contributed by atoms with E-state index >= 15 is 0 Å². The Balaban J connectivity index is 2.50. The van der Waals surface area contributed by atoms with E-state index < -0.39 is 33.2 Å². The fourth-order valence-electron chi connectivity index (χ4n) is 2.69. The SMILES string of the molecule is CS(=O)(=O)N(C(=O)CN)c1ccc([N+](=O)[O-])nc1OC1CCCCC1. The highest BCUT2D eigenvalue weighted by Crippen LogP contribution is 2.33. The molecule has 1 aromatic rings.